The summed E-state index contributed by atoms with van der Waals surface area (Å²) in [5, 5.41) is 16.2. The lowest BCUT2D eigenvalue weighted by molar-refractivity contribution is 0.590. The van der Waals surface area contributed by atoms with Crippen LogP contribution in [0.15, 0.2) is 112 Å². The molecule has 0 aliphatic carbocycles. The van der Waals surface area contributed by atoms with Crippen LogP contribution in [0.3, 0.4) is 0 Å². The van der Waals surface area contributed by atoms with Crippen molar-refractivity contribution in [3.05, 3.63) is 97.1 Å². The minimum absolute atomic E-state index is 0.0690. The van der Waals surface area contributed by atoms with Crippen molar-refractivity contribution < 1.29 is 8.42 Å². The minimum Gasteiger partial charge on any atom is -0.382 e. The number of aromatic nitrogens is 2. The zero-order chi connectivity index (χ0) is 32.8. The second kappa shape index (κ2) is 14.0. The summed E-state index contributed by atoms with van der Waals surface area (Å²) in [6.07, 6.45) is 1.05. The first-order valence-corrected chi connectivity index (χ1v) is 17.7. The van der Waals surface area contributed by atoms with Crippen LogP contribution < -0.4 is 27.0 Å². The molecule has 11 nitrogen and oxygen atoms in total. The van der Waals surface area contributed by atoms with Gasteiger partial charge >= 0.3 is 0 Å². The van der Waals surface area contributed by atoms with Crippen molar-refractivity contribution in [2.24, 2.45) is 10.2 Å². The maximum atomic E-state index is 11.9. The fourth-order valence-corrected chi connectivity index (χ4v) is 6.42. The Kier molecular flexibility index (Phi) is 9.45. The molecule has 0 saturated carbocycles. The Bertz CT molecular complexity index is 2150. The van der Waals surface area contributed by atoms with E-state index >= 15 is 0 Å². The number of nitrogens with zero attached hydrogens (tertiary/aromatic N) is 4. The molecule has 0 spiro atoms. The summed E-state index contributed by atoms with van der Waals surface area (Å²) < 4.78 is 27.7. The average Bonchev–Trinajstić information content (AvgIpc) is 3.60. The van der Waals surface area contributed by atoms with Crippen LogP contribution in [0.5, 0.6) is 0 Å². The molecular weight excluding hydrogens is 631 g/mol. The molecule has 0 radical (unpaired) electrons. The molecule has 240 valence electrons. The van der Waals surface area contributed by atoms with Gasteiger partial charge in [0.05, 0.1) is 34.2 Å². The van der Waals surface area contributed by atoms with Gasteiger partial charge in [0.1, 0.15) is 0 Å². The third kappa shape index (κ3) is 7.26. The number of rotatable bonds is 13. The van der Waals surface area contributed by atoms with Crippen molar-refractivity contribution in [2.45, 2.75) is 38.4 Å². The van der Waals surface area contributed by atoms with E-state index in [1.54, 1.807) is 19.1 Å². The van der Waals surface area contributed by atoms with E-state index in [9.17, 15) is 8.42 Å². The lowest BCUT2D eigenvalue weighted by atomic mass is 10.1. The van der Waals surface area contributed by atoms with Gasteiger partial charge in [0, 0.05) is 44.8 Å². The van der Waals surface area contributed by atoms with Gasteiger partial charge in [0.15, 0.2) is 0 Å². The van der Waals surface area contributed by atoms with Crippen LogP contribution in [0.2, 0.25) is 0 Å². The quantitative estimate of drug-likeness (QED) is 0.0602. The van der Waals surface area contributed by atoms with Crippen LogP contribution in [0.25, 0.3) is 21.5 Å². The van der Waals surface area contributed by atoms with Crippen LogP contribution in [0, 0.1) is 0 Å². The van der Waals surface area contributed by atoms with Crippen LogP contribution in [-0.4, -0.2) is 29.6 Å². The van der Waals surface area contributed by atoms with E-state index in [0.717, 1.165) is 62.5 Å². The first-order valence-electron chi connectivity index (χ1n) is 15.3. The van der Waals surface area contributed by atoms with Gasteiger partial charge in [-0.1, -0.05) is 62.4 Å². The topological polar surface area (TPSA) is 145 Å². The fraction of sp³-hybridized carbons (Fsp3) is 0.176. The van der Waals surface area contributed by atoms with Crippen molar-refractivity contribution in [1.82, 2.24) is 9.36 Å². The molecule has 6 rings (SSSR count). The zero-order valence-electron chi connectivity index (χ0n) is 26.2. The molecular formula is C34H35N9O2S2. The van der Waals surface area contributed by atoms with Crippen molar-refractivity contribution >= 4 is 82.2 Å². The number of azo groups is 1. The molecule has 5 N–H and O–H groups in total. The van der Waals surface area contributed by atoms with Gasteiger partial charge in [-0.3, -0.25) is 0 Å². The predicted molar refractivity (Wildman–Crippen MR) is 194 cm³/mol. The molecule has 1 unspecified atom stereocenters. The number of hydrogen-bond acceptors (Lipinski definition) is 12. The number of hydrazine groups is 2. The summed E-state index contributed by atoms with van der Waals surface area (Å²) in [7, 11) is -3.48. The predicted octanol–water partition coefficient (Wildman–Crippen LogP) is 9.14. The SMILES string of the molecule is CCC(C)Nc1ccc(NNc2ccc(NNc3ccc(/N=N/c4nc(S(=O)(=O)CC)ns4)cc3)c3ccccc23)c2ccccc12. The molecule has 5 aromatic carbocycles. The fourth-order valence-electron chi connectivity index (χ4n) is 4.90. The largest absolute Gasteiger partial charge is 0.382 e. The van der Waals surface area contributed by atoms with E-state index < -0.39 is 9.84 Å². The summed E-state index contributed by atoms with van der Waals surface area (Å²) in [5.41, 5.74) is 18.8. The summed E-state index contributed by atoms with van der Waals surface area (Å²) in [6.45, 7) is 5.92. The molecule has 0 aliphatic rings. The van der Waals surface area contributed by atoms with Crippen LogP contribution in [-0.2, 0) is 9.84 Å². The molecule has 1 atom stereocenters. The van der Waals surface area contributed by atoms with Crippen LogP contribution in [0.1, 0.15) is 27.2 Å². The highest BCUT2D eigenvalue weighted by Gasteiger charge is 2.18. The molecule has 1 aromatic heterocycles. The maximum absolute atomic E-state index is 11.9. The second-order valence-electron chi connectivity index (χ2n) is 10.9. The van der Waals surface area contributed by atoms with Crippen LogP contribution >= 0.6 is 11.5 Å². The normalized spacial score (nSPS) is 12.3. The number of sulfone groups is 1. The van der Waals surface area contributed by atoms with Crippen molar-refractivity contribution in [2.75, 3.05) is 32.8 Å². The average molecular weight is 666 g/mol. The number of fused-ring (bicyclic) bond motifs is 2. The minimum atomic E-state index is -3.48. The van der Waals surface area contributed by atoms with Gasteiger partial charge in [-0.2, -0.15) is 9.36 Å². The number of nitrogens with one attached hydrogen (secondary N) is 5. The Labute approximate surface area is 277 Å². The number of anilines is 5. The molecule has 6 aromatic rings. The smallest absolute Gasteiger partial charge is 0.260 e. The number of benzene rings is 5. The molecule has 0 aliphatic heterocycles. The van der Waals surface area contributed by atoms with E-state index in [2.05, 4.69) is 109 Å². The molecule has 1 heterocycles. The molecule has 0 amide bonds. The zero-order valence-corrected chi connectivity index (χ0v) is 27.8. The lowest BCUT2D eigenvalue weighted by Gasteiger charge is -2.19. The molecule has 0 fully saturated rings. The van der Waals surface area contributed by atoms with Crippen molar-refractivity contribution in [3.8, 4) is 0 Å². The Balaban J connectivity index is 1.13. The van der Waals surface area contributed by atoms with E-state index in [1.165, 1.54) is 5.39 Å². The third-order valence-electron chi connectivity index (χ3n) is 7.71. The summed E-state index contributed by atoms with van der Waals surface area (Å²) in [6, 6.07) is 32.6. The van der Waals surface area contributed by atoms with E-state index in [1.807, 2.05) is 36.4 Å². The first kappa shape index (κ1) is 31.7. The second-order valence-corrected chi connectivity index (χ2v) is 13.8. The Morgan fingerprint density at radius 3 is 1.72 bits per heavy atom. The molecule has 0 saturated heterocycles. The third-order valence-corrected chi connectivity index (χ3v) is 9.92. The van der Waals surface area contributed by atoms with Crippen LogP contribution in [0.4, 0.5) is 39.3 Å². The Hall–Kier alpha value is -5.27. The highest BCUT2D eigenvalue weighted by atomic mass is 32.2. The summed E-state index contributed by atoms with van der Waals surface area (Å²) >= 11 is 0.893. The first-order chi connectivity index (χ1) is 22.8. The van der Waals surface area contributed by atoms with Gasteiger partial charge in [-0.15, -0.1) is 10.2 Å². The molecule has 0 bridgehead atoms. The summed E-state index contributed by atoms with van der Waals surface area (Å²) in [4.78, 5) is 3.96. The van der Waals surface area contributed by atoms with Crippen molar-refractivity contribution in [3.63, 3.8) is 0 Å². The highest BCUT2D eigenvalue weighted by Crippen LogP contribution is 2.33. The van der Waals surface area contributed by atoms with Gasteiger partial charge in [-0.05, 0) is 61.9 Å². The highest BCUT2D eigenvalue weighted by molar-refractivity contribution is 7.91. The number of hydrogen-bond donors (Lipinski definition) is 5. The van der Waals surface area contributed by atoms with E-state index in [-0.39, 0.29) is 16.0 Å². The van der Waals surface area contributed by atoms with Crippen molar-refractivity contribution in [1.29, 1.82) is 0 Å². The van der Waals surface area contributed by atoms with Gasteiger partial charge in [-0.25, -0.2) is 8.42 Å². The standard InChI is InChI=1S/C34H35N9O2S2/c1-4-22(3)35-29-18-19-31(26-11-7-6-10-25(26)29)40-41-32-21-20-30(27-12-8-9-13-28(27)32)39-37-23-14-16-24(17-15-23)38-42-33-36-34(43-46-33)47(44,45)5-2/h6-22,35,37,39-41H,4-5H2,1-3H3/b42-38+. The van der Waals surface area contributed by atoms with E-state index in [4.69, 9.17) is 0 Å². The lowest BCUT2D eigenvalue weighted by Crippen LogP contribution is -2.14. The van der Waals surface area contributed by atoms with E-state index in [0.29, 0.717) is 11.7 Å². The molecule has 47 heavy (non-hydrogen) atoms. The molecule has 13 heteroatoms. The Morgan fingerprint density at radius 2 is 1.19 bits per heavy atom. The van der Waals surface area contributed by atoms with Gasteiger partial charge < -0.3 is 27.0 Å². The monoisotopic (exact) mass is 665 g/mol. The Morgan fingerprint density at radius 1 is 0.681 bits per heavy atom. The van der Waals surface area contributed by atoms with Gasteiger partial charge in [0.25, 0.3) is 5.16 Å². The van der Waals surface area contributed by atoms with Gasteiger partial charge in [0.2, 0.25) is 15.0 Å². The maximum Gasteiger partial charge on any atom is 0.260 e. The summed E-state index contributed by atoms with van der Waals surface area (Å²) in [5.74, 6) is -0.0690.